The van der Waals surface area contributed by atoms with E-state index in [0.29, 0.717) is 4.90 Å². The first-order chi connectivity index (χ1) is 14.6. The molecule has 4 amide bonds. The highest BCUT2D eigenvalue weighted by molar-refractivity contribution is 6.06. The number of amides is 4. The van der Waals surface area contributed by atoms with Crippen molar-refractivity contribution in [1.29, 1.82) is 0 Å². The highest BCUT2D eigenvalue weighted by atomic mass is 19.4. The van der Waals surface area contributed by atoms with Gasteiger partial charge >= 0.3 is 12.2 Å². The minimum absolute atomic E-state index is 0.0176. The van der Waals surface area contributed by atoms with Crippen molar-refractivity contribution in [3.63, 3.8) is 0 Å². The van der Waals surface area contributed by atoms with Crippen LogP contribution in [0, 0.1) is 5.92 Å². The number of hydrogen-bond acceptors (Lipinski definition) is 3. The number of nitrogens with one attached hydrogen (secondary N) is 2. The van der Waals surface area contributed by atoms with Gasteiger partial charge in [0.25, 0.3) is 5.91 Å². The maximum absolute atomic E-state index is 13.0. The number of benzene rings is 1. The van der Waals surface area contributed by atoms with Crippen LogP contribution in [0.5, 0.6) is 0 Å². The fraction of sp³-hybridized carbons (Fsp3) is 0.476. The zero-order valence-electron chi connectivity index (χ0n) is 16.9. The van der Waals surface area contributed by atoms with Gasteiger partial charge in [0, 0.05) is 29.6 Å². The maximum atomic E-state index is 13.0. The second kappa shape index (κ2) is 7.90. The van der Waals surface area contributed by atoms with E-state index in [-0.39, 0.29) is 12.3 Å². The van der Waals surface area contributed by atoms with E-state index in [4.69, 9.17) is 0 Å². The Kier molecular flexibility index (Phi) is 5.40. The fourth-order valence-corrected chi connectivity index (χ4v) is 4.10. The zero-order valence-corrected chi connectivity index (χ0v) is 16.9. The molecule has 10 heteroatoms. The Balaban J connectivity index is 1.46. The van der Waals surface area contributed by atoms with Crippen LogP contribution >= 0.6 is 0 Å². The van der Waals surface area contributed by atoms with E-state index in [0.717, 1.165) is 34.2 Å². The predicted molar refractivity (Wildman–Crippen MR) is 106 cm³/mol. The number of aromatic nitrogens is 1. The van der Waals surface area contributed by atoms with Crippen molar-refractivity contribution in [1.82, 2.24) is 20.1 Å². The molecule has 2 aromatic rings. The van der Waals surface area contributed by atoms with Gasteiger partial charge in [-0.25, -0.2) is 4.79 Å². The number of carbonyl (C=O) groups is 3. The van der Waals surface area contributed by atoms with Crippen molar-refractivity contribution >= 4 is 28.7 Å². The molecule has 0 radical (unpaired) electrons. The summed E-state index contributed by atoms with van der Waals surface area (Å²) in [4.78, 5) is 42.4. The summed E-state index contributed by atoms with van der Waals surface area (Å²) in [6.07, 6.45) is -1.07. The van der Waals surface area contributed by atoms with Gasteiger partial charge in [-0.2, -0.15) is 13.2 Å². The third-order valence-electron chi connectivity index (χ3n) is 5.97. The molecule has 4 rings (SSSR count). The SMILES string of the molecule is C[C@H](C1CC1)N(CC(F)(F)F)C(=O)CN1C(=O)N[C@@H](Cc2c[nH]c3ccccc23)C1=O. The molecule has 0 unspecified atom stereocenters. The zero-order chi connectivity index (χ0) is 22.3. The number of H-pyrrole nitrogens is 1. The summed E-state index contributed by atoms with van der Waals surface area (Å²) in [7, 11) is 0. The van der Waals surface area contributed by atoms with Gasteiger partial charge < -0.3 is 15.2 Å². The lowest BCUT2D eigenvalue weighted by atomic mass is 10.1. The van der Waals surface area contributed by atoms with Gasteiger partial charge in [0.05, 0.1) is 0 Å². The molecule has 1 saturated heterocycles. The molecule has 166 valence electrons. The molecule has 2 atom stereocenters. The number of para-hydroxylation sites is 1. The van der Waals surface area contributed by atoms with E-state index in [1.165, 1.54) is 0 Å². The molecule has 7 nitrogen and oxygen atoms in total. The van der Waals surface area contributed by atoms with Gasteiger partial charge in [0.15, 0.2) is 0 Å². The van der Waals surface area contributed by atoms with E-state index >= 15 is 0 Å². The number of urea groups is 1. The number of aromatic amines is 1. The summed E-state index contributed by atoms with van der Waals surface area (Å²) in [5, 5.41) is 3.46. The minimum Gasteiger partial charge on any atom is -0.361 e. The lowest BCUT2D eigenvalue weighted by Crippen LogP contribution is -2.50. The lowest BCUT2D eigenvalue weighted by molar-refractivity contribution is -0.166. The number of nitrogens with zero attached hydrogens (tertiary/aromatic N) is 2. The monoisotopic (exact) mass is 436 g/mol. The van der Waals surface area contributed by atoms with Crippen LogP contribution in [0.25, 0.3) is 10.9 Å². The van der Waals surface area contributed by atoms with Crippen molar-refractivity contribution in [3.8, 4) is 0 Å². The van der Waals surface area contributed by atoms with Gasteiger partial charge in [-0.15, -0.1) is 0 Å². The number of carbonyl (C=O) groups excluding carboxylic acids is 3. The van der Waals surface area contributed by atoms with Gasteiger partial charge in [0.2, 0.25) is 5.91 Å². The summed E-state index contributed by atoms with van der Waals surface area (Å²) >= 11 is 0. The van der Waals surface area contributed by atoms with Gasteiger partial charge in [-0.3, -0.25) is 14.5 Å². The maximum Gasteiger partial charge on any atom is 0.406 e. The number of hydrogen-bond donors (Lipinski definition) is 2. The molecule has 1 aromatic heterocycles. The molecule has 2 N–H and O–H groups in total. The Morgan fingerprint density at radius 3 is 2.65 bits per heavy atom. The van der Waals surface area contributed by atoms with E-state index in [2.05, 4.69) is 10.3 Å². The molecule has 2 heterocycles. The second-order valence-corrected chi connectivity index (χ2v) is 8.20. The second-order valence-electron chi connectivity index (χ2n) is 8.20. The Bertz CT molecular complexity index is 1010. The summed E-state index contributed by atoms with van der Waals surface area (Å²) < 4.78 is 39.1. The first kappa shape index (κ1) is 21.2. The largest absolute Gasteiger partial charge is 0.406 e. The number of alkyl halides is 3. The van der Waals surface area contributed by atoms with Crippen molar-refractivity contribution in [2.45, 2.75) is 44.4 Å². The van der Waals surface area contributed by atoms with Crippen molar-refractivity contribution < 1.29 is 27.6 Å². The van der Waals surface area contributed by atoms with Crippen LogP contribution < -0.4 is 5.32 Å². The fourth-order valence-electron chi connectivity index (χ4n) is 4.10. The third-order valence-corrected chi connectivity index (χ3v) is 5.97. The van der Waals surface area contributed by atoms with Crippen molar-refractivity contribution in [2.24, 2.45) is 5.92 Å². The van der Waals surface area contributed by atoms with Crippen molar-refractivity contribution in [2.75, 3.05) is 13.1 Å². The molecule has 31 heavy (non-hydrogen) atoms. The van der Waals surface area contributed by atoms with Crippen LogP contribution in [0.15, 0.2) is 30.5 Å². The molecule has 1 saturated carbocycles. The van der Waals surface area contributed by atoms with Crippen LogP contribution in [0.4, 0.5) is 18.0 Å². The lowest BCUT2D eigenvalue weighted by Gasteiger charge is -2.31. The molecule has 2 fully saturated rings. The molecule has 0 bridgehead atoms. The Hall–Kier alpha value is -3.04. The highest BCUT2D eigenvalue weighted by Crippen LogP contribution is 2.36. The van der Waals surface area contributed by atoms with E-state index < -0.39 is 49.2 Å². The quantitative estimate of drug-likeness (QED) is 0.655. The van der Waals surface area contributed by atoms with Crippen LogP contribution in [0.2, 0.25) is 0 Å². The first-order valence-electron chi connectivity index (χ1n) is 10.2. The Morgan fingerprint density at radius 1 is 1.26 bits per heavy atom. The smallest absolute Gasteiger partial charge is 0.361 e. The van der Waals surface area contributed by atoms with Crippen LogP contribution in [0.3, 0.4) is 0 Å². The summed E-state index contributed by atoms with van der Waals surface area (Å²) in [6, 6.07) is 5.25. The first-order valence-corrected chi connectivity index (χ1v) is 10.2. The highest BCUT2D eigenvalue weighted by Gasteiger charge is 2.44. The number of fused-ring (bicyclic) bond motifs is 1. The summed E-state index contributed by atoms with van der Waals surface area (Å²) in [5.74, 6) is -1.48. The molecule has 1 aliphatic heterocycles. The topological polar surface area (TPSA) is 85.5 Å². The average Bonchev–Trinajstić information content (AvgIpc) is 3.44. The standard InChI is InChI=1S/C21H23F3N4O3/c1-12(13-6-7-13)28(11-21(22,23)24)18(29)10-27-19(30)17(26-20(27)31)8-14-9-25-16-5-3-2-4-15(14)16/h2-5,9,12-13,17,25H,6-8,10-11H2,1H3,(H,26,31)/t12-,17+/m1/s1. The molecule has 0 spiro atoms. The normalized spacial score (nSPS) is 20.3. The number of rotatable bonds is 7. The molecular formula is C21H23F3N4O3. The van der Waals surface area contributed by atoms with Crippen LogP contribution in [0.1, 0.15) is 25.3 Å². The van der Waals surface area contributed by atoms with Gasteiger partial charge in [-0.05, 0) is 37.3 Å². The van der Waals surface area contributed by atoms with Crippen LogP contribution in [-0.4, -0.2) is 64.0 Å². The number of halogens is 3. The molecule has 2 aliphatic rings. The van der Waals surface area contributed by atoms with Crippen LogP contribution in [-0.2, 0) is 16.0 Å². The third kappa shape index (κ3) is 4.52. The summed E-state index contributed by atoms with van der Waals surface area (Å²) in [5.41, 5.74) is 1.71. The Morgan fingerprint density at radius 2 is 1.97 bits per heavy atom. The van der Waals surface area contributed by atoms with E-state index in [9.17, 15) is 27.6 Å². The minimum atomic E-state index is -4.56. The number of imide groups is 1. The predicted octanol–water partition coefficient (Wildman–Crippen LogP) is 2.82. The van der Waals surface area contributed by atoms with E-state index in [1.807, 2.05) is 24.3 Å². The average molecular weight is 436 g/mol. The van der Waals surface area contributed by atoms with Crippen molar-refractivity contribution in [3.05, 3.63) is 36.0 Å². The Labute approximate surface area is 176 Å². The van der Waals surface area contributed by atoms with E-state index in [1.54, 1.807) is 13.1 Å². The summed E-state index contributed by atoms with van der Waals surface area (Å²) in [6.45, 7) is -0.527. The molecule has 1 aromatic carbocycles. The van der Waals surface area contributed by atoms with Gasteiger partial charge in [0.1, 0.15) is 19.1 Å². The molecular weight excluding hydrogens is 413 g/mol. The molecule has 1 aliphatic carbocycles. The van der Waals surface area contributed by atoms with Gasteiger partial charge in [-0.1, -0.05) is 18.2 Å².